The highest BCUT2D eigenvalue weighted by Gasteiger charge is 2.28. The zero-order valence-electron chi connectivity index (χ0n) is 15.4. The first-order chi connectivity index (χ1) is 14.7. The van der Waals surface area contributed by atoms with Crippen LogP contribution in [0.25, 0.3) is 11.7 Å². The fourth-order valence-corrected chi connectivity index (χ4v) is 3.00. The number of amides is 3. The lowest BCUT2D eigenvalue weighted by Gasteiger charge is -2.13. The predicted molar refractivity (Wildman–Crippen MR) is 107 cm³/mol. The summed E-state index contributed by atoms with van der Waals surface area (Å²) in [5.41, 5.74) is 0.975. The molecule has 160 valence electrons. The molecule has 13 heteroatoms. The average Bonchev–Trinajstić information content (AvgIpc) is 3.22. The largest absolute Gasteiger partial charge is 0.405 e. The normalized spacial score (nSPS) is 15.3. The number of nitrogens with one attached hydrogen (secondary N) is 4. The molecule has 4 N–H and O–H groups in total. The predicted octanol–water partition coefficient (Wildman–Crippen LogP) is 3.28. The molecule has 1 fully saturated rings. The summed E-state index contributed by atoms with van der Waals surface area (Å²) in [6.07, 6.45) is -1.82. The van der Waals surface area contributed by atoms with E-state index in [2.05, 4.69) is 31.3 Å². The van der Waals surface area contributed by atoms with Gasteiger partial charge in [-0.3, -0.25) is 10.1 Å². The average molecular weight is 452 g/mol. The number of hydrogen-bond donors (Lipinski definition) is 4. The molecule has 9 nitrogen and oxygen atoms in total. The molecule has 4 rings (SSSR count). The van der Waals surface area contributed by atoms with Crippen molar-refractivity contribution in [3.05, 3.63) is 52.8 Å². The number of alkyl halides is 3. The molecule has 0 unspecified atom stereocenters. The van der Waals surface area contributed by atoms with Crippen LogP contribution in [0.5, 0.6) is 0 Å². The minimum absolute atomic E-state index is 0.0106. The van der Waals surface area contributed by atoms with Gasteiger partial charge in [-0.05, 0) is 24.3 Å². The second-order valence-corrected chi connectivity index (χ2v) is 6.87. The molecular weight excluding hydrogens is 439 g/mol. The number of anilines is 3. The van der Waals surface area contributed by atoms with Crippen molar-refractivity contribution in [2.24, 2.45) is 0 Å². The van der Waals surface area contributed by atoms with E-state index < -0.39 is 24.7 Å². The van der Waals surface area contributed by atoms with Crippen LogP contribution in [0.15, 0.2) is 42.2 Å². The van der Waals surface area contributed by atoms with Crippen molar-refractivity contribution in [3.8, 4) is 0 Å². The molecule has 0 saturated carbocycles. The maximum Gasteiger partial charge on any atom is 0.405 e. The molecule has 2 aromatic heterocycles. The van der Waals surface area contributed by atoms with E-state index in [1.165, 1.54) is 18.3 Å². The Morgan fingerprint density at radius 3 is 2.68 bits per heavy atom. The number of carbonyl (C=O) groups is 2. The second-order valence-electron chi connectivity index (χ2n) is 6.43. The zero-order valence-corrected chi connectivity index (χ0v) is 16.2. The highest BCUT2D eigenvalue weighted by molar-refractivity contribution is 6.30. The van der Waals surface area contributed by atoms with Gasteiger partial charge in [0.1, 0.15) is 23.9 Å². The molecule has 0 radical (unpaired) electrons. The van der Waals surface area contributed by atoms with Crippen LogP contribution in [0.4, 0.5) is 35.3 Å². The molecule has 3 aromatic rings. The van der Waals surface area contributed by atoms with Crippen molar-refractivity contribution in [1.82, 2.24) is 25.2 Å². The number of hydrogen-bond acceptors (Lipinski definition) is 6. The first-order valence-corrected chi connectivity index (χ1v) is 9.12. The Balaban J connectivity index is 1.77. The van der Waals surface area contributed by atoms with E-state index in [0.717, 1.165) is 4.52 Å². The van der Waals surface area contributed by atoms with Gasteiger partial charge in [0.2, 0.25) is 0 Å². The minimum atomic E-state index is -4.46. The quantitative estimate of drug-likeness (QED) is 0.350. The molecule has 0 bridgehead atoms. The topological polar surface area (TPSA) is 112 Å². The van der Waals surface area contributed by atoms with E-state index in [4.69, 9.17) is 11.6 Å². The monoisotopic (exact) mass is 451 g/mol. The molecule has 1 aromatic carbocycles. The Morgan fingerprint density at radius 1 is 1.19 bits per heavy atom. The van der Waals surface area contributed by atoms with E-state index >= 15 is 0 Å². The molecule has 1 aliphatic rings. The van der Waals surface area contributed by atoms with Gasteiger partial charge < -0.3 is 16.0 Å². The Hall–Kier alpha value is -3.80. The third kappa shape index (κ3) is 4.69. The summed E-state index contributed by atoms with van der Waals surface area (Å²) in [5.74, 6) is -0.427. The van der Waals surface area contributed by atoms with Gasteiger partial charge in [-0.1, -0.05) is 17.7 Å². The first-order valence-electron chi connectivity index (χ1n) is 8.74. The van der Waals surface area contributed by atoms with Gasteiger partial charge in [0.25, 0.3) is 5.91 Å². The summed E-state index contributed by atoms with van der Waals surface area (Å²) >= 11 is 5.97. The van der Waals surface area contributed by atoms with Gasteiger partial charge in [0, 0.05) is 22.3 Å². The summed E-state index contributed by atoms with van der Waals surface area (Å²) in [5, 5.41) is 14.2. The van der Waals surface area contributed by atoms with E-state index in [-0.39, 0.29) is 23.0 Å². The van der Waals surface area contributed by atoms with Crippen molar-refractivity contribution in [2.45, 2.75) is 6.18 Å². The van der Waals surface area contributed by atoms with Crippen LogP contribution in [-0.4, -0.2) is 39.3 Å². The molecule has 1 aliphatic heterocycles. The van der Waals surface area contributed by atoms with Gasteiger partial charge >= 0.3 is 12.2 Å². The standard InChI is InChI=1S/C18H13ClF3N7O2/c19-10-2-1-3-11(5-10)25-13-6-14(23-8-18(20,21)22)29-15(27-13)9(7-24-29)4-12-16(30)28-17(31)26-12/h1-7,23H,8H2,(H,25,27)(H2,26,28,30,31). The van der Waals surface area contributed by atoms with Crippen molar-refractivity contribution in [1.29, 1.82) is 0 Å². The Morgan fingerprint density at radius 2 is 2.00 bits per heavy atom. The van der Waals surface area contributed by atoms with Crippen LogP contribution in [0, 0.1) is 0 Å². The smallest absolute Gasteiger partial charge is 0.361 e. The van der Waals surface area contributed by atoms with Crippen LogP contribution in [-0.2, 0) is 4.79 Å². The fourth-order valence-electron chi connectivity index (χ4n) is 2.81. The minimum Gasteiger partial charge on any atom is -0.361 e. The third-order valence-electron chi connectivity index (χ3n) is 4.09. The Kier molecular flexibility index (Phi) is 5.15. The first kappa shape index (κ1) is 20.5. The van der Waals surface area contributed by atoms with Crippen LogP contribution < -0.4 is 21.3 Å². The summed E-state index contributed by atoms with van der Waals surface area (Å²) in [7, 11) is 0. The molecular formula is C18H13ClF3N7O2. The summed E-state index contributed by atoms with van der Waals surface area (Å²) in [4.78, 5) is 27.5. The van der Waals surface area contributed by atoms with Crippen LogP contribution in [0.2, 0.25) is 5.02 Å². The number of carbonyl (C=O) groups excluding carboxylic acids is 2. The Labute approximate surface area is 177 Å². The highest BCUT2D eigenvalue weighted by atomic mass is 35.5. The number of imide groups is 1. The molecule has 1 saturated heterocycles. The maximum absolute atomic E-state index is 12.8. The van der Waals surface area contributed by atoms with Crippen LogP contribution in [0.1, 0.15) is 5.56 Å². The number of nitrogens with zero attached hydrogens (tertiary/aromatic N) is 3. The molecule has 0 spiro atoms. The molecule has 0 aliphatic carbocycles. The lowest BCUT2D eigenvalue weighted by molar-refractivity contribution is -0.116. The van der Waals surface area contributed by atoms with Crippen molar-refractivity contribution in [2.75, 3.05) is 17.2 Å². The van der Waals surface area contributed by atoms with Gasteiger partial charge in [-0.25, -0.2) is 9.78 Å². The SMILES string of the molecule is O=C1NC(=O)C(=Cc2cnn3c(NCC(F)(F)F)cc(Nc4cccc(Cl)c4)nc23)N1. The number of benzene rings is 1. The molecule has 3 heterocycles. The zero-order chi connectivity index (χ0) is 22.2. The van der Waals surface area contributed by atoms with E-state index in [1.54, 1.807) is 24.3 Å². The van der Waals surface area contributed by atoms with Gasteiger partial charge in [-0.2, -0.15) is 22.8 Å². The summed E-state index contributed by atoms with van der Waals surface area (Å²) in [6.45, 7) is -1.29. The van der Waals surface area contributed by atoms with Crippen LogP contribution in [0.3, 0.4) is 0 Å². The molecule has 3 amide bonds. The molecule has 31 heavy (non-hydrogen) atoms. The maximum atomic E-state index is 12.8. The lowest BCUT2D eigenvalue weighted by Crippen LogP contribution is -2.22. The number of halogens is 4. The van der Waals surface area contributed by atoms with E-state index in [9.17, 15) is 22.8 Å². The van der Waals surface area contributed by atoms with Crippen molar-refractivity contribution >= 4 is 52.6 Å². The van der Waals surface area contributed by atoms with Gasteiger partial charge in [0.05, 0.1) is 6.20 Å². The van der Waals surface area contributed by atoms with Gasteiger partial charge in [0.15, 0.2) is 5.65 Å². The lowest BCUT2D eigenvalue weighted by atomic mass is 10.2. The van der Waals surface area contributed by atoms with Crippen molar-refractivity contribution in [3.63, 3.8) is 0 Å². The number of aromatic nitrogens is 3. The van der Waals surface area contributed by atoms with Crippen molar-refractivity contribution < 1.29 is 22.8 Å². The summed E-state index contributed by atoms with van der Waals surface area (Å²) in [6, 6.07) is 7.36. The number of urea groups is 1. The van der Waals surface area contributed by atoms with E-state index in [0.29, 0.717) is 16.3 Å². The number of fused-ring (bicyclic) bond motifs is 1. The van der Waals surface area contributed by atoms with E-state index in [1.807, 2.05) is 0 Å². The van der Waals surface area contributed by atoms with Gasteiger partial charge in [-0.15, -0.1) is 0 Å². The second kappa shape index (κ2) is 7.80. The Bertz CT molecular complexity index is 1220. The summed E-state index contributed by atoms with van der Waals surface area (Å²) < 4.78 is 39.4. The third-order valence-corrected chi connectivity index (χ3v) is 4.32. The molecule has 0 atom stereocenters. The fraction of sp³-hybridized carbons (Fsp3) is 0.111. The highest BCUT2D eigenvalue weighted by Crippen LogP contribution is 2.25. The number of rotatable bonds is 5. The van der Waals surface area contributed by atoms with Crippen LogP contribution >= 0.6 is 11.6 Å².